The molecule has 0 amide bonds. The van der Waals surface area contributed by atoms with Crippen molar-refractivity contribution in [2.24, 2.45) is 4.99 Å². The quantitative estimate of drug-likeness (QED) is 0.210. The SMILES string of the molecule is C1=CCN2C(=C1)C(c1ccc(-c3ccc4ccccc4c3)cc1)=CN=C2n1c2ccccc2c2c3ccccc3ccc21. The molecule has 0 bridgehead atoms. The topological polar surface area (TPSA) is 20.5 Å². The lowest BCUT2D eigenvalue weighted by Crippen LogP contribution is -2.38. The second-order valence-electron chi connectivity index (χ2n) is 11.2. The molecule has 6 aromatic carbocycles. The summed E-state index contributed by atoms with van der Waals surface area (Å²) in [5, 5.41) is 7.55. The van der Waals surface area contributed by atoms with Crippen LogP contribution in [0.2, 0.25) is 0 Å². The smallest absolute Gasteiger partial charge is 0.215 e. The average molecular weight is 550 g/mol. The number of hydrogen-bond acceptors (Lipinski definition) is 2. The molecule has 0 N–H and O–H groups in total. The number of aromatic nitrogens is 1. The first-order chi connectivity index (χ1) is 21.3. The summed E-state index contributed by atoms with van der Waals surface area (Å²) in [6.07, 6.45) is 8.62. The van der Waals surface area contributed by atoms with Gasteiger partial charge in [0.2, 0.25) is 5.96 Å². The fourth-order valence-corrected chi connectivity index (χ4v) is 6.76. The number of nitrogens with zero attached hydrogens (tertiary/aromatic N) is 3. The normalized spacial score (nSPS) is 14.7. The van der Waals surface area contributed by atoms with Gasteiger partial charge in [0, 0.05) is 29.1 Å². The number of benzene rings is 6. The Morgan fingerprint density at radius 2 is 1.26 bits per heavy atom. The minimum absolute atomic E-state index is 0.763. The van der Waals surface area contributed by atoms with Crippen LogP contribution in [-0.4, -0.2) is 22.0 Å². The van der Waals surface area contributed by atoms with E-state index in [1.165, 1.54) is 49.0 Å². The molecule has 0 fully saturated rings. The third-order valence-corrected chi connectivity index (χ3v) is 8.84. The van der Waals surface area contributed by atoms with Gasteiger partial charge < -0.3 is 4.90 Å². The molecule has 0 saturated carbocycles. The summed E-state index contributed by atoms with van der Waals surface area (Å²) in [4.78, 5) is 7.52. The molecule has 3 heteroatoms. The van der Waals surface area contributed by atoms with Crippen molar-refractivity contribution in [2.45, 2.75) is 0 Å². The Hall–Kier alpha value is -5.67. The molecule has 3 nitrogen and oxygen atoms in total. The fraction of sp³-hybridized carbons (Fsp3) is 0.0250. The predicted molar refractivity (Wildman–Crippen MR) is 181 cm³/mol. The summed E-state index contributed by atoms with van der Waals surface area (Å²) in [5.74, 6) is 0.925. The van der Waals surface area contributed by atoms with E-state index in [9.17, 15) is 0 Å². The standard InChI is InChI=1S/C40H27N3/c1-2-11-31-25-32(21-18-27(31)9-1)28-16-19-30(20-17-28)35-26-41-40(42-24-8-7-14-36(35)42)43-37-15-6-5-13-34(37)39-33-12-4-3-10-29(33)22-23-38(39)43/h1-23,25-26H,24H2. The Kier molecular flexibility index (Phi) is 5.26. The summed E-state index contributed by atoms with van der Waals surface area (Å²) >= 11 is 0. The molecule has 7 aromatic rings. The first-order valence-electron chi connectivity index (χ1n) is 14.8. The highest BCUT2D eigenvalue weighted by molar-refractivity contribution is 6.23. The van der Waals surface area contributed by atoms with E-state index in [-0.39, 0.29) is 0 Å². The number of allylic oxidation sites excluding steroid dienone is 3. The molecule has 0 spiro atoms. The van der Waals surface area contributed by atoms with Crippen LogP contribution in [0.15, 0.2) is 163 Å². The van der Waals surface area contributed by atoms with Crippen LogP contribution in [-0.2, 0) is 0 Å². The Morgan fingerprint density at radius 3 is 2.14 bits per heavy atom. The number of fused-ring (bicyclic) bond motifs is 7. The number of hydrogen-bond donors (Lipinski definition) is 0. The third kappa shape index (κ3) is 3.72. The van der Waals surface area contributed by atoms with E-state index in [1.54, 1.807) is 0 Å². The molecule has 0 radical (unpaired) electrons. The highest BCUT2D eigenvalue weighted by Gasteiger charge is 2.28. The maximum atomic E-state index is 5.18. The van der Waals surface area contributed by atoms with Crippen LogP contribution in [0.5, 0.6) is 0 Å². The van der Waals surface area contributed by atoms with Crippen LogP contribution >= 0.6 is 0 Å². The maximum Gasteiger partial charge on any atom is 0.215 e. The molecule has 0 unspecified atom stereocenters. The molecule has 0 aliphatic carbocycles. The van der Waals surface area contributed by atoms with Crippen LogP contribution in [0.25, 0.3) is 60.1 Å². The van der Waals surface area contributed by atoms with Crippen molar-refractivity contribution in [1.29, 1.82) is 0 Å². The van der Waals surface area contributed by atoms with Crippen LogP contribution in [0.1, 0.15) is 5.56 Å². The predicted octanol–water partition coefficient (Wildman–Crippen LogP) is 9.78. The molecule has 0 atom stereocenters. The highest BCUT2D eigenvalue weighted by Crippen LogP contribution is 2.38. The second-order valence-corrected chi connectivity index (χ2v) is 11.2. The van der Waals surface area contributed by atoms with E-state index >= 15 is 0 Å². The molecule has 0 saturated heterocycles. The summed E-state index contributed by atoms with van der Waals surface area (Å²) in [7, 11) is 0. The number of para-hydroxylation sites is 1. The number of rotatable bonds is 2. The van der Waals surface area contributed by atoms with Crippen LogP contribution in [0.3, 0.4) is 0 Å². The summed E-state index contributed by atoms with van der Waals surface area (Å²) in [6, 6.07) is 45.9. The molecule has 202 valence electrons. The Labute approximate surface area is 249 Å². The minimum Gasteiger partial charge on any atom is -0.307 e. The van der Waals surface area contributed by atoms with Gasteiger partial charge in [-0.05, 0) is 62.5 Å². The van der Waals surface area contributed by atoms with Gasteiger partial charge in [-0.2, -0.15) is 0 Å². The maximum absolute atomic E-state index is 5.18. The van der Waals surface area contributed by atoms with E-state index in [0.717, 1.165) is 34.9 Å². The molecule has 9 rings (SSSR count). The lowest BCUT2D eigenvalue weighted by molar-refractivity contribution is 0.562. The molecule has 1 aromatic heterocycles. The van der Waals surface area contributed by atoms with Gasteiger partial charge in [0.1, 0.15) is 0 Å². The minimum atomic E-state index is 0.763. The summed E-state index contributed by atoms with van der Waals surface area (Å²) < 4.78 is 2.33. The van der Waals surface area contributed by atoms with Crippen molar-refractivity contribution in [3.63, 3.8) is 0 Å². The average Bonchev–Trinajstić information content (AvgIpc) is 3.42. The fourth-order valence-electron chi connectivity index (χ4n) is 6.76. The van der Waals surface area contributed by atoms with E-state index < -0.39 is 0 Å². The monoisotopic (exact) mass is 549 g/mol. The Bertz CT molecular complexity index is 2360. The van der Waals surface area contributed by atoms with Gasteiger partial charge in [0.05, 0.1) is 16.7 Å². The highest BCUT2D eigenvalue weighted by atomic mass is 15.3. The van der Waals surface area contributed by atoms with Crippen molar-refractivity contribution in [3.05, 3.63) is 163 Å². The Balaban J connectivity index is 1.18. The lowest BCUT2D eigenvalue weighted by Gasteiger charge is -2.34. The van der Waals surface area contributed by atoms with Gasteiger partial charge in [-0.1, -0.05) is 121 Å². The van der Waals surface area contributed by atoms with E-state index in [2.05, 4.69) is 155 Å². The van der Waals surface area contributed by atoms with Gasteiger partial charge in [-0.25, -0.2) is 4.99 Å². The lowest BCUT2D eigenvalue weighted by atomic mass is 9.96. The zero-order chi connectivity index (χ0) is 28.3. The van der Waals surface area contributed by atoms with Gasteiger partial charge >= 0.3 is 0 Å². The largest absolute Gasteiger partial charge is 0.307 e. The van der Waals surface area contributed by atoms with Crippen LogP contribution in [0, 0.1) is 0 Å². The summed E-state index contributed by atoms with van der Waals surface area (Å²) in [6.45, 7) is 0.763. The molecule has 43 heavy (non-hydrogen) atoms. The first kappa shape index (κ1) is 24.0. The summed E-state index contributed by atoms with van der Waals surface area (Å²) in [5.41, 5.74) is 8.22. The first-order valence-corrected chi connectivity index (χ1v) is 14.8. The molecular formula is C40H27N3. The van der Waals surface area contributed by atoms with Gasteiger partial charge in [-0.3, -0.25) is 4.57 Å². The molecule has 2 aliphatic rings. The van der Waals surface area contributed by atoms with Crippen LogP contribution in [0.4, 0.5) is 0 Å². The van der Waals surface area contributed by atoms with E-state index in [4.69, 9.17) is 4.99 Å². The molecule has 2 aliphatic heterocycles. The molecular weight excluding hydrogens is 522 g/mol. The Morgan fingerprint density at radius 1 is 0.558 bits per heavy atom. The van der Waals surface area contributed by atoms with Gasteiger partial charge in [0.15, 0.2) is 0 Å². The van der Waals surface area contributed by atoms with Gasteiger partial charge in [-0.15, -0.1) is 0 Å². The zero-order valence-electron chi connectivity index (χ0n) is 23.5. The van der Waals surface area contributed by atoms with Crippen molar-refractivity contribution in [3.8, 4) is 11.1 Å². The van der Waals surface area contributed by atoms with E-state index in [1.807, 2.05) is 6.20 Å². The number of aliphatic imine (C=N–C) groups is 1. The molecule has 3 heterocycles. The van der Waals surface area contributed by atoms with Crippen molar-refractivity contribution in [1.82, 2.24) is 9.47 Å². The van der Waals surface area contributed by atoms with Crippen LogP contribution < -0.4 is 0 Å². The van der Waals surface area contributed by atoms with Gasteiger partial charge in [0.25, 0.3) is 0 Å². The van der Waals surface area contributed by atoms with Crippen molar-refractivity contribution in [2.75, 3.05) is 6.54 Å². The third-order valence-electron chi connectivity index (χ3n) is 8.84. The van der Waals surface area contributed by atoms with E-state index in [0.29, 0.717) is 0 Å². The zero-order valence-corrected chi connectivity index (χ0v) is 23.5. The van der Waals surface area contributed by atoms with Crippen molar-refractivity contribution < 1.29 is 0 Å². The second kappa shape index (κ2) is 9.43. The van der Waals surface area contributed by atoms with Crippen molar-refractivity contribution >= 4 is 54.9 Å².